The van der Waals surface area contributed by atoms with Crippen LogP contribution in [0.2, 0.25) is 5.02 Å². The summed E-state index contributed by atoms with van der Waals surface area (Å²) in [5, 5.41) is 1.93. The molecule has 1 aromatic carbocycles. The van der Waals surface area contributed by atoms with E-state index in [0.29, 0.717) is 10.6 Å². The van der Waals surface area contributed by atoms with Crippen molar-refractivity contribution in [3.8, 4) is 0 Å². The Morgan fingerprint density at radius 3 is 2.62 bits per heavy atom. The van der Waals surface area contributed by atoms with Gasteiger partial charge in [-0.25, -0.2) is 4.39 Å². The fourth-order valence-corrected chi connectivity index (χ4v) is 3.85. The molecule has 2 aromatic rings. The zero-order valence-electron chi connectivity index (χ0n) is 7.88. The molecule has 0 aliphatic carbocycles. The highest BCUT2D eigenvalue weighted by Crippen LogP contribution is 2.40. The summed E-state index contributed by atoms with van der Waals surface area (Å²) in [6.07, 6.45) is 0. The third-order valence-corrected chi connectivity index (χ3v) is 4.96. The molecule has 84 valence electrons. The van der Waals surface area contributed by atoms with Gasteiger partial charge >= 0.3 is 0 Å². The third-order valence-electron chi connectivity index (χ3n) is 2.11. The summed E-state index contributed by atoms with van der Waals surface area (Å²) in [5.74, 6) is -0.358. The highest BCUT2D eigenvalue weighted by molar-refractivity contribution is 9.10. The van der Waals surface area contributed by atoms with Crippen LogP contribution in [0.3, 0.4) is 0 Å². The number of rotatable bonds is 2. The summed E-state index contributed by atoms with van der Waals surface area (Å²) < 4.78 is 13.8. The van der Waals surface area contributed by atoms with E-state index in [1.165, 1.54) is 23.5 Å². The van der Waals surface area contributed by atoms with Gasteiger partial charge in [-0.2, -0.15) is 0 Å². The molecule has 2 rings (SSSR count). The lowest BCUT2D eigenvalue weighted by molar-refractivity contribution is 0.627. The SMILES string of the molecule is Fc1ccc(C(Cl)c2sccc2Br)c(Cl)c1. The lowest BCUT2D eigenvalue weighted by atomic mass is 10.1. The van der Waals surface area contributed by atoms with Gasteiger partial charge in [0.25, 0.3) is 0 Å². The van der Waals surface area contributed by atoms with Crippen molar-refractivity contribution >= 4 is 50.5 Å². The molecule has 5 heteroatoms. The molecule has 1 unspecified atom stereocenters. The van der Waals surface area contributed by atoms with Crippen LogP contribution in [0.4, 0.5) is 4.39 Å². The predicted molar refractivity (Wildman–Crippen MR) is 71.1 cm³/mol. The number of halogens is 4. The molecular formula is C11H6BrCl2FS. The smallest absolute Gasteiger partial charge is 0.124 e. The van der Waals surface area contributed by atoms with Crippen LogP contribution in [0, 0.1) is 5.82 Å². The highest BCUT2D eigenvalue weighted by atomic mass is 79.9. The van der Waals surface area contributed by atoms with Crippen LogP contribution in [0.25, 0.3) is 0 Å². The van der Waals surface area contributed by atoms with Crippen molar-refractivity contribution in [3.05, 3.63) is 55.4 Å². The summed E-state index contributed by atoms with van der Waals surface area (Å²) in [4.78, 5) is 0.968. The molecule has 0 aliphatic rings. The summed E-state index contributed by atoms with van der Waals surface area (Å²) in [5.41, 5.74) is 0.716. The van der Waals surface area contributed by atoms with E-state index in [0.717, 1.165) is 9.35 Å². The van der Waals surface area contributed by atoms with Gasteiger partial charge in [-0.3, -0.25) is 0 Å². The van der Waals surface area contributed by atoms with Crippen LogP contribution in [0.5, 0.6) is 0 Å². The molecule has 0 N–H and O–H groups in total. The molecule has 0 amide bonds. The first-order chi connectivity index (χ1) is 7.59. The highest BCUT2D eigenvalue weighted by Gasteiger charge is 2.18. The Hall–Kier alpha value is -0.0900. The Labute approximate surface area is 115 Å². The van der Waals surface area contributed by atoms with Crippen molar-refractivity contribution in [2.75, 3.05) is 0 Å². The van der Waals surface area contributed by atoms with Gasteiger partial charge in [-0.05, 0) is 45.1 Å². The fourth-order valence-electron chi connectivity index (χ4n) is 1.33. The standard InChI is InChI=1S/C11H6BrCl2FS/c12-8-3-4-16-11(8)10(14)7-2-1-6(15)5-9(7)13/h1-5,10H. The van der Waals surface area contributed by atoms with Crippen molar-refractivity contribution in [3.63, 3.8) is 0 Å². The van der Waals surface area contributed by atoms with E-state index in [4.69, 9.17) is 23.2 Å². The third kappa shape index (κ3) is 2.43. The van der Waals surface area contributed by atoms with E-state index in [2.05, 4.69) is 15.9 Å². The van der Waals surface area contributed by atoms with E-state index >= 15 is 0 Å². The number of hydrogen-bond acceptors (Lipinski definition) is 1. The van der Waals surface area contributed by atoms with Gasteiger partial charge in [0.1, 0.15) is 5.82 Å². The lowest BCUT2D eigenvalue weighted by Gasteiger charge is -2.10. The molecule has 16 heavy (non-hydrogen) atoms. The maximum Gasteiger partial charge on any atom is 0.124 e. The van der Waals surface area contributed by atoms with E-state index in [-0.39, 0.29) is 11.2 Å². The van der Waals surface area contributed by atoms with Crippen LogP contribution in [-0.4, -0.2) is 0 Å². The van der Waals surface area contributed by atoms with Crippen molar-refractivity contribution in [2.24, 2.45) is 0 Å². The zero-order chi connectivity index (χ0) is 11.7. The van der Waals surface area contributed by atoms with Gasteiger partial charge in [-0.1, -0.05) is 17.7 Å². The summed E-state index contributed by atoms with van der Waals surface area (Å²) in [6.45, 7) is 0. The maximum absolute atomic E-state index is 12.9. The molecule has 1 atom stereocenters. The Morgan fingerprint density at radius 2 is 2.06 bits per heavy atom. The normalized spacial score (nSPS) is 12.8. The van der Waals surface area contributed by atoms with Gasteiger partial charge in [0.2, 0.25) is 0 Å². The van der Waals surface area contributed by atoms with Crippen molar-refractivity contribution in [1.82, 2.24) is 0 Å². The van der Waals surface area contributed by atoms with Gasteiger partial charge in [-0.15, -0.1) is 22.9 Å². The van der Waals surface area contributed by atoms with Crippen molar-refractivity contribution < 1.29 is 4.39 Å². The minimum absolute atomic E-state index is 0.348. The molecule has 1 heterocycles. The van der Waals surface area contributed by atoms with Gasteiger partial charge in [0.15, 0.2) is 0 Å². The summed E-state index contributed by atoms with van der Waals surface area (Å²) >= 11 is 17.2. The Balaban J connectivity index is 2.41. The fraction of sp³-hybridized carbons (Fsp3) is 0.0909. The van der Waals surface area contributed by atoms with Crippen molar-refractivity contribution in [1.29, 1.82) is 0 Å². The zero-order valence-corrected chi connectivity index (χ0v) is 11.8. The summed E-state index contributed by atoms with van der Waals surface area (Å²) in [7, 11) is 0. The van der Waals surface area contributed by atoms with E-state index in [1.54, 1.807) is 6.07 Å². The first-order valence-electron chi connectivity index (χ1n) is 4.41. The van der Waals surface area contributed by atoms with Crippen LogP contribution in [-0.2, 0) is 0 Å². The second-order valence-electron chi connectivity index (χ2n) is 3.16. The molecule has 0 aliphatic heterocycles. The number of alkyl halides is 1. The van der Waals surface area contributed by atoms with Gasteiger partial charge < -0.3 is 0 Å². The first kappa shape index (κ1) is 12.4. The molecule has 1 aromatic heterocycles. The minimum atomic E-state index is -0.359. The van der Waals surface area contributed by atoms with Crippen molar-refractivity contribution in [2.45, 2.75) is 5.38 Å². The van der Waals surface area contributed by atoms with Crippen LogP contribution in [0.1, 0.15) is 15.8 Å². The van der Waals surface area contributed by atoms with E-state index < -0.39 is 0 Å². The monoisotopic (exact) mass is 338 g/mol. The largest absolute Gasteiger partial charge is 0.207 e. The predicted octanol–water partition coefficient (Wildman–Crippen LogP) is 5.63. The quantitative estimate of drug-likeness (QED) is 0.622. The molecular weight excluding hydrogens is 334 g/mol. The first-order valence-corrected chi connectivity index (χ1v) is 6.90. The van der Waals surface area contributed by atoms with Gasteiger partial charge in [0.05, 0.1) is 5.38 Å². The molecule has 0 radical (unpaired) electrons. The summed E-state index contributed by atoms with van der Waals surface area (Å²) in [6, 6.07) is 6.17. The topological polar surface area (TPSA) is 0 Å². The minimum Gasteiger partial charge on any atom is -0.207 e. The molecule has 0 saturated heterocycles. The average molecular weight is 340 g/mol. The molecule has 0 spiro atoms. The molecule has 0 bridgehead atoms. The Morgan fingerprint density at radius 1 is 1.31 bits per heavy atom. The van der Waals surface area contributed by atoms with Crippen LogP contribution < -0.4 is 0 Å². The van der Waals surface area contributed by atoms with E-state index in [1.807, 2.05) is 11.4 Å². The van der Waals surface area contributed by atoms with Crippen LogP contribution >= 0.6 is 50.5 Å². The Bertz CT molecular complexity index is 512. The van der Waals surface area contributed by atoms with E-state index in [9.17, 15) is 4.39 Å². The number of hydrogen-bond donors (Lipinski definition) is 0. The maximum atomic E-state index is 12.9. The second kappa shape index (κ2) is 5.05. The molecule has 0 fully saturated rings. The van der Waals surface area contributed by atoms with Gasteiger partial charge in [0, 0.05) is 14.4 Å². The molecule has 0 nitrogen and oxygen atoms in total. The Kier molecular flexibility index (Phi) is 3.90. The second-order valence-corrected chi connectivity index (χ2v) is 5.81. The number of benzene rings is 1. The molecule has 0 saturated carbocycles. The lowest BCUT2D eigenvalue weighted by Crippen LogP contribution is -1.93. The average Bonchev–Trinajstić information content (AvgIpc) is 2.63. The van der Waals surface area contributed by atoms with Crippen LogP contribution in [0.15, 0.2) is 34.1 Å². The number of thiophene rings is 1.